The van der Waals surface area contributed by atoms with Gasteiger partial charge in [-0.05, 0) is 21.8 Å². The van der Waals surface area contributed by atoms with Crippen LogP contribution < -0.4 is 0 Å². The van der Waals surface area contributed by atoms with Crippen molar-refractivity contribution in [3.63, 3.8) is 0 Å². The van der Waals surface area contributed by atoms with E-state index in [2.05, 4.69) is 47.6 Å². The molecule has 0 amide bonds. The standard InChI is InChI=1S/C18H30O2/c1-16(2,3)11-10-12(17(4,5)6)14(19)15(20)13(11)18(7,8)9/h10-11,20H,1-9H3. The summed E-state index contributed by atoms with van der Waals surface area (Å²) >= 11 is 0. The maximum atomic E-state index is 12.5. The average molecular weight is 278 g/mol. The van der Waals surface area contributed by atoms with Gasteiger partial charge in [0.2, 0.25) is 5.78 Å². The summed E-state index contributed by atoms with van der Waals surface area (Å²) in [5.74, 6) is -0.165. The molecule has 1 atom stereocenters. The molecule has 2 heteroatoms. The number of hydrogen-bond acceptors (Lipinski definition) is 2. The number of aliphatic hydroxyl groups excluding tert-OH is 1. The van der Waals surface area contributed by atoms with Gasteiger partial charge in [0.05, 0.1) is 0 Å². The van der Waals surface area contributed by atoms with Crippen molar-refractivity contribution in [3.8, 4) is 0 Å². The lowest BCUT2D eigenvalue weighted by atomic mass is 9.63. The Kier molecular flexibility index (Phi) is 4.04. The zero-order chi connectivity index (χ0) is 16.1. The molecule has 0 aromatic rings. The SMILES string of the molecule is CC(C)(C)C1=CC(C(C)(C)C)C(C(C)(C)C)=C(O)C1=O. The molecule has 1 N–H and O–H groups in total. The lowest BCUT2D eigenvalue weighted by Gasteiger charge is -2.41. The highest BCUT2D eigenvalue weighted by atomic mass is 16.3. The van der Waals surface area contributed by atoms with Crippen LogP contribution in [0.3, 0.4) is 0 Å². The van der Waals surface area contributed by atoms with E-state index in [9.17, 15) is 9.90 Å². The van der Waals surface area contributed by atoms with Gasteiger partial charge >= 0.3 is 0 Å². The molecule has 1 aliphatic carbocycles. The number of rotatable bonds is 0. The Hall–Kier alpha value is -1.05. The van der Waals surface area contributed by atoms with Gasteiger partial charge in [0, 0.05) is 11.5 Å². The first kappa shape index (κ1) is 17.0. The minimum absolute atomic E-state index is 0.0339. The fourth-order valence-corrected chi connectivity index (χ4v) is 2.82. The summed E-state index contributed by atoms with van der Waals surface area (Å²) in [6.07, 6.45) is 2.09. The maximum Gasteiger partial charge on any atom is 0.223 e. The van der Waals surface area contributed by atoms with Crippen molar-refractivity contribution in [1.82, 2.24) is 0 Å². The Morgan fingerprint density at radius 1 is 0.900 bits per heavy atom. The summed E-state index contributed by atoms with van der Waals surface area (Å²) < 4.78 is 0. The smallest absolute Gasteiger partial charge is 0.223 e. The van der Waals surface area contributed by atoms with Crippen LogP contribution in [-0.2, 0) is 4.79 Å². The minimum atomic E-state index is -0.252. The average Bonchev–Trinajstić information content (AvgIpc) is 2.15. The molecule has 0 bridgehead atoms. The number of aliphatic hydroxyl groups is 1. The Morgan fingerprint density at radius 2 is 1.35 bits per heavy atom. The highest BCUT2D eigenvalue weighted by Gasteiger charge is 2.42. The predicted octanol–water partition coefficient (Wildman–Crippen LogP) is 5.06. The highest BCUT2D eigenvalue weighted by molar-refractivity contribution is 6.09. The van der Waals surface area contributed by atoms with Crippen LogP contribution >= 0.6 is 0 Å². The van der Waals surface area contributed by atoms with E-state index in [1.165, 1.54) is 0 Å². The summed E-state index contributed by atoms with van der Waals surface area (Å²) in [6.45, 7) is 18.7. The lowest BCUT2D eigenvalue weighted by molar-refractivity contribution is -0.116. The second kappa shape index (κ2) is 4.75. The number of carbonyl (C=O) groups is 1. The normalized spacial score (nSPS) is 22.1. The summed E-state index contributed by atoms with van der Waals surface area (Å²) in [5.41, 5.74) is 1.08. The van der Waals surface area contributed by atoms with E-state index in [-0.39, 0.29) is 33.7 Å². The van der Waals surface area contributed by atoms with Crippen molar-refractivity contribution in [1.29, 1.82) is 0 Å². The third-order valence-corrected chi connectivity index (χ3v) is 3.91. The van der Waals surface area contributed by atoms with Crippen LogP contribution in [0.4, 0.5) is 0 Å². The van der Waals surface area contributed by atoms with Crippen LogP contribution in [0.2, 0.25) is 0 Å². The molecule has 114 valence electrons. The van der Waals surface area contributed by atoms with Gasteiger partial charge in [-0.3, -0.25) is 4.79 Å². The van der Waals surface area contributed by atoms with Crippen LogP contribution in [0, 0.1) is 22.2 Å². The molecule has 0 fully saturated rings. The molecule has 0 aliphatic heterocycles. The van der Waals surface area contributed by atoms with Crippen molar-refractivity contribution in [3.05, 3.63) is 23.0 Å². The van der Waals surface area contributed by atoms with E-state index < -0.39 is 0 Å². The van der Waals surface area contributed by atoms with E-state index in [1.807, 2.05) is 20.8 Å². The quantitative estimate of drug-likeness (QED) is 0.672. The van der Waals surface area contributed by atoms with Crippen LogP contribution in [0.15, 0.2) is 23.0 Å². The Bertz CT molecular complexity index is 471. The molecule has 0 saturated heterocycles. The molecular weight excluding hydrogens is 248 g/mol. The van der Waals surface area contributed by atoms with Crippen LogP contribution in [0.5, 0.6) is 0 Å². The lowest BCUT2D eigenvalue weighted by Crippen LogP contribution is -2.36. The van der Waals surface area contributed by atoms with Gasteiger partial charge in [0.15, 0.2) is 5.76 Å². The minimum Gasteiger partial charge on any atom is -0.504 e. The van der Waals surface area contributed by atoms with Gasteiger partial charge in [-0.15, -0.1) is 0 Å². The molecular formula is C18H30O2. The van der Waals surface area contributed by atoms with Gasteiger partial charge < -0.3 is 5.11 Å². The Balaban J connectivity index is 3.56. The van der Waals surface area contributed by atoms with Gasteiger partial charge in [-0.2, -0.15) is 0 Å². The van der Waals surface area contributed by atoms with E-state index in [0.717, 1.165) is 11.1 Å². The first-order chi connectivity index (χ1) is 8.67. The topological polar surface area (TPSA) is 37.3 Å². The molecule has 1 rings (SSSR count). The fraction of sp³-hybridized carbons (Fsp3) is 0.722. The third kappa shape index (κ3) is 3.16. The van der Waals surface area contributed by atoms with E-state index in [1.54, 1.807) is 0 Å². The van der Waals surface area contributed by atoms with Crippen molar-refractivity contribution in [2.75, 3.05) is 0 Å². The molecule has 2 nitrogen and oxygen atoms in total. The summed E-state index contributed by atoms with van der Waals surface area (Å²) in [5, 5.41) is 10.5. The molecule has 0 aromatic heterocycles. The van der Waals surface area contributed by atoms with E-state index in [0.29, 0.717) is 0 Å². The number of hydrogen-bond donors (Lipinski definition) is 1. The van der Waals surface area contributed by atoms with Crippen molar-refractivity contribution in [2.45, 2.75) is 62.3 Å². The first-order valence-corrected chi connectivity index (χ1v) is 7.38. The number of ketones is 1. The molecule has 0 spiro atoms. The molecule has 1 aliphatic rings. The summed E-state index contributed by atoms with van der Waals surface area (Å²) in [7, 11) is 0. The molecule has 0 radical (unpaired) electrons. The van der Waals surface area contributed by atoms with Gasteiger partial charge in [-0.25, -0.2) is 0 Å². The highest BCUT2D eigenvalue weighted by Crippen LogP contribution is 2.48. The van der Waals surface area contributed by atoms with Gasteiger partial charge in [-0.1, -0.05) is 68.4 Å². The van der Waals surface area contributed by atoms with Crippen LogP contribution in [-0.4, -0.2) is 10.9 Å². The number of Topliss-reactive ketones (excluding diaryl/α,β-unsaturated/α-hetero) is 1. The third-order valence-electron chi connectivity index (χ3n) is 3.91. The molecule has 0 heterocycles. The van der Waals surface area contributed by atoms with Crippen molar-refractivity contribution in [2.24, 2.45) is 22.2 Å². The number of allylic oxidation sites excluding steroid dienone is 3. The maximum absolute atomic E-state index is 12.5. The zero-order valence-electron chi connectivity index (χ0n) is 14.5. The van der Waals surface area contributed by atoms with Crippen molar-refractivity contribution >= 4 is 5.78 Å². The van der Waals surface area contributed by atoms with Crippen LogP contribution in [0.25, 0.3) is 0 Å². The van der Waals surface area contributed by atoms with Gasteiger partial charge in [0.1, 0.15) is 0 Å². The molecule has 0 aromatic carbocycles. The number of carbonyl (C=O) groups excluding carboxylic acids is 1. The fourth-order valence-electron chi connectivity index (χ4n) is 2.82. The van der Waals surface area contributed by atoms with E-state index >= 15 is 0 Å². The second-order valence-electron chi connectivity index (χ2n) is 9.02. The monoisotopic (exact) mass is 278 g/mol. The Morgan fingerprint density at radius 3 is 1.65 bits per heavy atom. The molecule has 20 heavy (non-hydrogen) atoms. The Labute approximate surface area is 124 Å². The second-order valence-corrected chi connectivity index (χ2v) is 9.02. The predicted molar refractivity (Wildman–Crippen MR) is 84.6 cm³/mol. The summed E-state index contributed by atoms with van der Waals surface area (Å²) in [6, 6.07) is 0. The zero-order valence-corrected chi connectivity index (χ0v) is 14.5. The first-order valence-electron chi connectivity index (χ1n) is 7.38. The van der Waals surface area contributed by atoms with E-state index in [4.69, 9.17) is 0 Å². The summed E-state index contributed by atoms with van der Waals surface area (Å²) in [4.78, 5) is 12.5. The van der Waals surface area contributed by atoms with Crippen molar-refractivity contribution < 1.29 is 9.90 Å². The molecule has 1 unspecified atom stereocenters. The van der Waals surface area contributed by atoms with Gasteiger partial charge in [0.25, 0.3) is 0 Å². The largest absolute Gasteiger partial charge is 0.504 e. The van der Waals surface area contributed by atoms with Crippen LogP contribution in [0.1, 0.15) is 62.3 Å². The molecule has 0 saturated carbocycles.